The molecule has 1 rings (SSSR count). The van der Waals surface area contributed by atoms with Gasteiger partial charge < -0.3 is 9.88 Å². The fourth-order valence-corrected chi connectivity index (χ4v) is 2.48. The van der Waals surface area contributed by atoms with Crippen LogP contribution in [-0.4, -0.2) is 54.2 Å². The topological polar surface area (TPSA) is 92.2 Å². The molecule has 1 aromatic heterocycles. The van der Waals surface area contributed by atoms with Crippen LogP contribution in [0.15, 0.2) is 6.33 Å². The first-order chi connectivity index (χ1) is 9.47. The average molecular weight is 304 g/mol. The Hall–Kier alpha value is -1.03. The minimum absolute atomic E-state index is 0.136. The number of nitrogens with one attached hydrogen (secondary N) is 2. The van der Waals surface area contributed by atoms with Crippen LogP contribution in [0.2, 0.25) is 0 Å². The highest BCUT2D eigenvalue weighted by molar-refractivity contribution is 7.87. The van der Waals surface area contributed by atoms with Crippen LogP contribution in [-0.2, 0) is 23.8 Å². The number of aryl methyl sites for hydroxylation is 1. The maximum absolute atomic E-state index is 12.0. The van der Waals surface area contributed by atoms with Crippen molar-refractivity contribution in [3.63, 3.8) is 0 Å². The summed E-state index contributed by atoms with van der Waals surface area (Å²) in [4.78, 5) is 0. The quantitative estimate of drug-likeness (QED) is 0.567. The molecule has 0 unspecified atom stereocenters. The largest absolute Gasteiger partial charge is 0.320 e. The van der Waals surface area contributed by atoms with Gasteiger partial charge in [0.2, 0.25) is 0 Å². The molecule has 0 amide bonds. The minimum atomic E-state index is -3.47. The summed E-state index contributed by atoms with van der Waals surface area (Å²) in [6, 6.07) is 0. The van der Waals surface area contributed by atoms with E-state index in [-0.39, 0.29) is 6.54 Å². The average Bonchev–Trinajstić information content (AvgIpc) is 2.81. The van der Waals surface area contributed by atoms with Crippen molar-refractivity contribution in [2.75, 3.05) is 26.7 Å². The van der Waals surface area contributed by atoms with Crippen molar-refractivity contribution >= 4 is 10.2 Å². The van der Waals surface area contributed by atoms with Gasteiger partial charge in [-0.1, -0.05) is 6.92 Å². The Kier molecular flexibility index (Phi) is 7.06. The van der Waals surface area contributed by atoms with Gasteiger partial charge in [-0.25, -0.2) is 0 Å². The third-order valence-corrected chi connectivity index (χ3v) is 4.39. The summed E-state index contributed by atoms with van der Waals surface area (Å²) in [5, 5.41) is 10.8. The Morgan fingerprint density at radius 3 is 2.75 bits per heavy atom. The van der Waals surface area contributed by atoms with Crippen LogP contribution in [0.3, 0.4) is 0 Å². The molecule has 0 fully saturated rings. The molecule has 0 bridgehead atoms. The lowest BCUT2D eigenvalue weighted by Crippen LogP contribution is -2.39. The Bertz CT molecular complexity index is 487. The van der Waals surface area contributed by atoms with Gasteiger partial charge in [-0.05, 0) is 25.9 Å². The molecule has 0 aliphatic carbocycles. The van der Waals surface area contributed by atoms with E-state index in [9.17, 15) is 8.42 Å². The standard InChI is InChI=1S/C11H24N6O2S/c1-4-6-12-7-5-8-17(3)20(18,19)14-9-11-15-13-10-16(11)2/h10,12,14H,4-9H2,1-3H3. The first-order valence-electron chi connectivity index (χ1n) is 6.72. The van der Waals surface area contributed by atoms with Gasteiger partial charge >= 0.3 is 0 Å². The Morgan fingerprint density at radius 1 is 1.40 bits per heavy atom. The van der Waals surface area contributed by atoms with Gasteiger partial charge in [0.25, 0.3) is 10.2 Å². The monoisotopic (exact) mass is 304 g/mol. The minimum Gasteiger partial charge on any atom is -0.320 e. The van der Waals surface area contributed by atoms with Crippen LogP contribution in [0.25, 0.3) is 0 Å². The lowest BCUT2D eigenvalue weighted by molar-refractivity contribution is 0.443. The molecule has 1 aromatic rings. The van der Waals surface area contributed by atoms with Crippen LogP contribution >= 0.6 is 0 Å². The smallest absolute Gasteiger partial charge is 0.279 e. The predicted molar refractivity (Wildman–Crippen MR) is 77.2 cm³/mol. The molecule has 116 valence electrons. The van der Waals surface area contributed by atoms with Crippen molar-refractivity contribution in [1.29, 1.82) is 0 Å². The van der Waals surface area contributed by atoms with Crippen molar-refractivity contribution in [3.05, 3.63) is 12.2 Å². The van der Waals surface area contributed by atoms with E-state index < -0.39 is 10.2 Å². The molecule has 2 N–H and O–H groups in total. The zero-order valence-corrected chi connectivity index (χ0v) is 13.2. The normalized spacial score (nSPS) is 12.2. The Morgan fingerprint density at radius 2 is 2.15 bits per heavy atom. The predicted octanol–water partition coefficient (Wildman–Crippen LogP) is -0.529. The lowest BCUT2D eigenvalue weighted by Gasteiger charge is -2.17. The molecule has 8 nitrogen and oxygen atoms in total. The summed E-state index contributed by atoms with van der Waals surface area (Å²) in [6.45, 7) is 4.49. The van der Waals surface area contributed by atoms with Crippen molar-refractivity contribution < 1.29 is 8.42 Å². The van der Waals surface area contributed by atoms with Crippen molar-refractivity contribution in [2.24, 2.45) is 7.05 Å². The van der Waals surface area contributed by atoms with E-state index in [1.54, 1.807) is 18.7 Å². The zero-order chi connectivity index (χ0) is 15.0. The highest BCUT2D eigenvalue weighted by Crippen LogP contribution is 1.98. The third kappa shape index (κ3) is 5.53. The summed E-state index contributed by atoms with van der Waals surface area (Å²) in [7, 11) is -0.133. The van der Waals surface area contributed by atoms with E-state index in [0.29, 0.717) is 12.4 Å². The second-order valence-corrected chi connectivity index (χ2v) is 6.47. The maximum Gasteiger partial charge on any atom is 0.279 e. The van der Waals surface area contributed by atoms with Crippen molar-refractivity contribution in [3.8, 4) is 0 Å². The molecule has 0 aliphatic heterocycles. The molecule has 0 spiro atoms. The Labute approximate surface area is 120 Å². The van der Waals surface area contributed by atoms with E-state index in [4.69, 9.17) is 0 Å². The van der Waals surface area contributed by atoms with Gasteiger partial charge in [0, 0.05) is 20.6 Å². The molecular weight excluding hydrogens is 280 g/mol. The van der Waals surface area contributed by atoms with E-state index >= 15 is 0 Å². The van der Waals surface area contributed by atoms with Gasteiger partial charge in [0.05, 0.1) is 6.54 Å². The second kappa shape index (κ2) is 8.30. The molecule has 0 aromatic carbocycles. The molecule has 1 heterocycles. The van der Waals surface area contributed by atoms with Crippen LogP contribution in [0, 0.1) is 0 Å². The highest BCUT2D eigenvalue weighted by Gasteiger charge is 2.17. The second-order valence-electron chi connectivity index (χ2n) is 4.61. The molecule has 0 aliphatic rings. The van der Waals surface area contributed by atoms with Crippen LogP contribution < -0.4 is 10.0 Å². The van der Waals surface area contributed by atoms with E-state index in [1.807, 2.05) is 0 Å². The molecular formula is C11H24N6O2S. The molecule has 0 saturated heterocycles. The van der Waals surface area contributed by atoms with Gasteiger partial charge in [-0.3, -0.25) is 0 Å². The van der Waals surface area contributed by atoms with Crippen LogP contribution in [0.1, 0.15) is 25.6 Å². The number of rotatable bonds is 10. The van der Waals surface area contributed by atoms with Gasteiger partial charge in [0.15, 0.2) is 0 Å². The number of hydrogen-bond acceptors (Lipinski definition) is 5. The van der Waals surface area contributed by atoms with Gasteiger partial charge in [0.1, 0.15) is 12.2 Å². The van der Waals surface area contributed by atoms with Gasteiger partial charge in [-0.2, -0.15) is 17.4 Å². The molecule has 0 atom stereocenters. The van der Waals surface area contributed by atoms with Crippen LogP contribution in [0.5, 0.6) is 0 Å². The summed E-state index contributed by atoms with van der Waals surface area (Å²) in [5.41, 5.74) is 0. The fourth-order valence-electron chi connectivity index (χ4n) is 1.58. The van der Waals surface area contributed by atoms with Crippen molar-refractivity contribution in [2.45, 2.75) is 26.3 Å². The molecule has 20 heavy (non-hydrogen) atoms. The summed E-state index contributed by atoms with van der Waals surface area (Å²) in [5.74, 6) is 0.576. The van der Waals surface area contributed by atoms with E-state index in [0.717, 1.165) is 25.9 Å². The Balaban J connectivity index is 2.34. The number of aromatic nitrogens is 3. The molecule has 9 heteroatoms. The molecule has 0 radical (unpaired) electrons. The van der Waals surface area contributed by atoms with Crippen molar-refractivity contribution in [1.82, 2.24) is 29.1 Å². The summed E-state index contributed by atoms with van der Waals surface area (Å²) >= 11 is 0. The summed E-state index contributed by atoms with van der Waals surface area (Å²) in [6.07, 6.45) is 3.39. The molecule has 0 saturated carbocycles. The van der Waals surface area contributed by atoms with Crippen LogP contribution in [0.4, 0.5) is 0 Å². The van der Waals surface area contributed by atoms with E-state index in [2.05, 4.69) is 27.2 Å². The SMILES string of the molecule is CCCNCCCN(C)S(=O)(=O)NCc1nncn1C. The summed E-state index contributed by atoms with van der Waals surface area (Å²) < 4.78 is 29.5. The number of nitrogens with zero attached hydrogens (tertiary/aromatic N) is 4. The van der Waals surface area contributed by atoms with E-state index in [1.165, 1.54) is 10.6 Å². The highest BCUT2D eigenvalue weighted by atomic mass is 32.2. The van der Waals surface area contributed by atoms with Gasteiger partial charge in [-0.15, -0.1) is 10.2 Å². The zero-order valence-electron chi connectivity index (χ0n) is 12.3. The maximum atomic E-state index is 12.0. The third-order valence-electron chi connectivity index (χ3n) is 2.88. The first kappa shape index (κ1) is 17.0. The fraction of sp³-hybridized carbons (Fsp3) is 0.818. The first-order valence-corrected chi connectivity index (χ1v) is 8.16. The lowest BCUT2D eigenvalue weighted by atomic mass is 10.4. The number of hydrogen-bond donors (Lipinski definition) is 2.